The second-order valence-corrected chi connectivity index (χ2v) is 5.65. The van der Waals surface area contributed by atoms with E-state index < -0.39 is 6.10 Å². The maximum Gasteiger partial charge on any atom is 0.157 e. The molecule has 0 spiro atoms. The van der Waals surface area contributed by atoms with Crippen molar-refractivity contribution >= 4 is 0 Å². The summed E-state index contributed by atoms with van der Waals surface area (Å²) >= 11 is 0. The van der Waals surface area contributed by atoms with Crippen molar-refractivity contribution in [3.63, 3.8) is 0 Å². The molecule has 1 rings (SSSR count). The van der Waals surface area contributed by atoms with Crippen LogP contribution in [0.25, 0.3) is 0 Å². The zero-order chi connectivity index (χ0) is 18.0. The summed E-state index contributed by atoms with van der Waals surface area (Å²) in [5.74, 6) is 17.0. The Labute approximate surface area is 152 Å². The lowest BCUT2D eigenvalue weighted by molar-refractivity contribution is -0.162. The van der Waals surface area contributed by atoms with Gasteiger partial charge in [0, 0.05) is 13.0 Å². The van der Waals surface area contributed by atoms with Gasteiger partial charge in [-0.15, -0.1) is 0 Å². The maximum absolute atomic E-state index is 9.42. The Kier molecular flexibility index (Phi) is 13.1. The van der Waals surface area contributed by atoms with Crippen molar-refractivity contribution in [2.24, 2.45) is 0 Å². The molecule has 2 atom stereocenters. The van der Waals surface area contributed by atoms with Crippen LogP contribution in [0, 0.1) is 35.5 Å². The fourth-order valence-corrected chi connectivity index (χ4v) is 2.10. The minimum Gasteiger partial charge on any atom is -0.380 e. The number of aliphatic hydroxyl groups is 1. The minimum absolute atomic E-state index is 0.0145. The second-order valence-electron chi connectivity index (χ2n) is 5.65. The lowest BCUT2D eigenvalue weighted by Crippen LogP contribution is -2.22. The van der Waals surface area contributed by atoms with E-state index in [1.807, 2.05) is 6.92 Å². The first-order chi connectivity index (χ1) is 12.3. The maximum atomic E-state index is 9.42. The first kappa shape index (κ1) is 21.1. The van der Waals surface area contributed by atoms with Crippen molar-refractivity contribution in [1.82, 2.24) is 0 Å². The molecule has 1 aliphatic heterocycles. The quantitative estimate of drug-likeness (QED) is 0.437. The third-order valence-corrected chi connectivity index (χ3v) is 3.39. The van der Waals surface area contributed by atoms with Crippen molar-refractivity contribution in [3.8, 4) is 35.5 Å². The summed E-state index contributed by atoms with van der Waals surface area (Å²) < 4.78 is 11.1. The average Bonchev–Trinajstić information content (AvgIpc) is 2.63. The van der Waals surface area contributed by atoms with Gasteiger partial charge in [-0.25, -0.2) is 0 Å². The average molecular weight is 340 g/mol. The summed E-state index contributed by atoms with van der Waals surface area (Å²) in [6, 6.07) is 0. The molecule has 0 aromatic rings. The third-order valence-electron chi connectivity index (χ3n) is 3.39. The molecule has 0 aromatic heterocycles. The molecule has 1 aliphatic rings. The van der Waals surface area contributed by atoms with E-state index in [9.17, 15) is 5.11 Å². The smallest absolute Gasteiger partial charge is 0.157 e. The van der Waals surface area contributed by atoms with Crippen LogP contribution in [0.15, 0.2) is 24.3 Å². The SMILES string of the molecule is CCC[C@@H](O)C#C/C=C/C=C/C#CC#CCCCOC1CCCCO1. The van der Waals surface area contributed by atoms with Crippen LogP contribution < -0.4 is 0 Å². The van der Waals surface area contributed by atoms with Gasteiger partial charge in [-0.05, 0) is 56.1 Å². The van der Waals surface area contributed by atoms with Crippen molar-refractivity contribution in [1.29, 1.82) is 0 Å². The highest BCUT2D eigenvalue weighted by Gasteiger charge is 2.12. The number of hydrogen-bond donors (Lipinski definition) is 1. The molecule has 1 heterocycles. The Morgan fingerprint density at radius 1 is 1.20 bits per heavy atom. The molecule has 0 bridgehead atoms. The number of ether oxygens (including phenoxy) is 2. The van der Waals surface area contributed by atoms with Gasteiger partial charge in [-0.1, -0.05) is 49.2 Å². The Morgan fingerprint density at radius 3 is 2.80 bits per heavy atom. The predicted molar refractivity (Wildman–Crippen MR) is 101 cm³/mol. The van der Waals surface area contributed by atoms with Gasteiger partial charge in [0.05, 0.1) is 6.61 Å². The van der Waals surface area contributed by atoms with Gasteiger partial charge < -0.3 is 14.6 Å². The first-order valence-corrected chi connectivity index (χ1v) is 9.05. The van der Waals surface area contributed by atoms with Gasteiger partial charge in [0.15, 0.2) is 6.29 Å². The molecule has 0 saturated carbocycles. The number of aliphatic hydroxyl groups excluding tert-OH is 1. The molecule has 1 unspecified atom stereocenters. The minimum atomic E-state index is -0.533. The van der Waals surface area contributed by atoms with E-state index in [-0.39, 0.29) is 6.29 Å². The molecular formula is C22H28O3. The molecule has 0 radical (unpaired) electrons. The summed E-state index contributed by atoms with van der Waals surface area (Å²) in [5.41, 5.74) is 0. The van der Waals surface area contributed by atoms with E-state index in [1.54, 1.807) is 24.3 Å². The fraction of sp³-hybridized carbons (Fsp3) is 0.545. The summed E-state index contributed by atoms with van der Waals surface area (Å²) in [6.45, 7) is 3.52. The topological polar surface area (TPSA) is 38.7 Å². The highest BCUT2D eigenvalue weighted by Crippen LogP contribution is 2.13. The van der Waals surface area contributed by atoms with Gasteiger partial charge in [-0.2, -0.15) is 0 Å². The standard InChI is InChI=1S/C22H28O3/c1-2-16-21(23)17-12-10-8-6-4-3-5-7-9-11-14-19-24-22-18-13-15-20-25-22/h4,6,8,10,21-23H,2,11,13-16,18-20H2,1H3/b6-4+,10-8+/t21-,22?/m1/s1. The van der Waals surface area contributed by atoms with E-state index in [0.29, 0.717) is 13.0 Å². The van der Waals surface area contributed by atoms with E-state index in [1.165, 1.54) is 6.42 Å². The van der Waals surface area contributed by atoms with Crippen LogP contribution in [-0.4, -0.2) is 30.7 Å². The molecule has 3 nitrogen and oxygen atoms in total. The highest BCUT2D eigenvalue weighted by molar-refractivity contribution is 5.32. The molecular weight excluding hydrogens is 312 g/mol. The predicted octanol–water partition coefficient (Wildman–Crippen LogP) is 3.59. The molecule has 1 saturated heterocycles. The van der Waals surface area contributed by atoms with E-state index >= 15 is 0 Å². The number of rotatable bonds is 7. The largest absolute Gasteiger partial charge is 0.380 e. The lowest BCUT2D eigenvalue weighted by atomic mass is 10.2. The summed E-state index contributed by atoms with van der Waals surface area (Å²) in [5, 5.41) is 9.42. The van der Waals surface area contributed by atoms with E-state index in [0.717, 1.165) is 38.7 Å². The molecule has 0 aromatic carbocycles. The zero-order valence-corrected chi connectivity index (χ0v) is 15.1. The van der Waals surface area contributed by atoms with Crippen molar-refractivity contribution in [2.45, 2.75) is 64.3 Å². The Bertz CT molecular complexity index is 578. The van der Waals surface area contributed by atoms with Gasteiger partial charge in [0.2, 0.25) is 0 Å². The number of allylic oxidation sites excluding steroid dienone is 4. The van der Waals surface area contributed by atoms with Crippen LogP contribution in [0.4, 0.5) is 0 Å². The molecule has 3 heteroatoms. The highest BCUT2D eigenvalue weighted by atomic mass is 16.7. The van der Waals surface area contributed by atoms with Gasteiger partial charge in [0.25, 0.3) is 0 Å². The van der Waals surface area contributed by atoms with Crippen LogP contribution in [0.5, 0.6) is 0 Å². The van der Waals surface area contributed by atoms with Crippen molar-refractivity contribution in [3.05, 3.63) is 24.3 Å². The second kappa shape index (κ2) is 15.6. The van der Waals surface area contributed by atoms with Crippen LogP contribution in [0.1, 0.15) is 51.9 Å². The number of hydrogen-bond acceptors (Lipinski definition) is 3. The van der Waals surface area contributed by atoms with Gasteiger partial charge in [0.1, 0.15) is 6.10 Å². The monoisotopic (exact) mass is 340 g/mol. The van der Waals surface area contributed by atoms with Gasteiger partial charge in [-0.3, -0.25) is 0 Å². The van der Waals surface area contributed by atoms with Crippen LogP contribution in [0.3, 0.4) is 0 Å². The molecule has 1 fully saturated rings. The van der Waals surface area contributed by atoms with E-state index in [4.69, 9.17) is 9.47 Å². The Morgan fingerprint density at radius 2 is 2.04 bits per heavy atom. The van der Waals surface area contributed by atoms with Crippen LogP contribution in [-0.2, 0) is 9.47 Å². The summed E-state index contributed by atoms with van der Waals surface area (Å²) in [4.78, 5) is 0. The first-order valence-electron chi connectivity index (χ1n) is 9.05. The van der Waals surface area contributed by atoms with Gasteiger partial charge >= 0.3 is 0 Å². The summed E-state index contributed by atoms with van der Waals surface area (Å²) in [6.07, 6.45) is 13.1. The molecule has 134 valence electrons. The van der Waals surface area contributed by atoms with Crippen LogP contribution >= 0.6 is 0 Å². The third kappa shape index (κ3) is 13.1. The lowest BCUT2D eigenvalue weighted by Gasteiger charge is -2.22. The molecule has 0 aliphatic carbocycles. The Balaban J connectivity index is 2.07. The molecule has 0 amide bonds. The summed E-state index contributed by atoms with van der Waals surface area (Å²) in [7, 11) is 0. The molecule has 25 heavy (non-hydrogen) atoms. The van der Waals surface area contributed by atoms with Crippen molar-refractivity contribution in [2.75, 3.05) is 13.2 Å². The zero-order valence-electron chi connectivity index (χ0n) is 15.1. The van der Waals surface area contributed by atoms with Crippen molar-refractivity contribution < 1.29 is 14.6 Å². The van der Waals surface area contributed by atoms with E-state index in [2.05, 4.69) is 35.5 Å². The van der Waals surface area contributed by atoms with Crippen LogP contribution in [0.2, 0.25) is 0 Å². The number of unbranched alkanes of at least 4 members (excludes halogenated alkanes) is 1. The normalized spacial score (nSPS) is 17.9. The molecule has 1 N–H and O–H groups in total. The fourth-order valence-electron chi connectivity index (χ4n) is 2.10. The Hall–Kier alpha value is -1.96.